The largest absolute Gasteiger partial charge is 0.352 e. The maximum Gasteiger partial charge on any atom is 0.253 e. The normalized spacial score (nSPS) is 10.7. The van der Waals surface area contributed by atoms with Gasteiger partial charge in [-0.15, -0.1) is 0 Å². The first kappa shape index (κ1) is 13.6. The zero-order valence-corrected chi connectivity index (χ0v) is 11.6. The van der Waals surface area contributed by atoms with E-state index in [2.05, 4.69) is 5.32 Å². The second-order valence-corrected chi connectivity index (χ2v) is 4.79. The van der Waals surface area contributed by atoms with Gasteiger partial charge in [0, 0.05) is 30.1 Å². The van der Waals surface area contributed by atoms with E-state index >= 15 is 0 Å². The predicted octanol–water partition coefficient (Wildman–Crippen LogP) is 3.09. The van der Waals surface area contributed by atoms with Gasteiger partial charge in [0.15, 0.2) is 0 Å². The van der Waals surface area contributed by atoms with Gasteiger partial charge in [0.2, 0.25) is 5.91 Å². The fraction of sp³-hybridized carbons (Fsp3) is 0.286. The minimum absolute atomic E-state index is 0.137. The minimum atomic E-state index is -0.186. The van der Waals surface area contributed by atoms with Gasteiger partial charge in [-0.3, -0.25) is 14.2 Å². The van der Waals surface area contributed by atoms with Crippen LogP contribution in [0.3, 0.4) is 0 Å². The van der Waals surface area contributed by atoms with Gasteiger partial charge in [-0.05, 0) is 24.6 Å². The van der Waals surface area contributed by atoms with E-state index in [1.54, 1.807) is 24.4 Å². The van der Waals surface area contributed by atoms with Crippen molar-refractivity contribution in [1.82, 2.24) is 9.88 Å². The molecule has 100 valence electrons. The summed E-state index contributed by atoms with van der Waals surface area (Å²) in [7, 11) is 0. The Labute approximate surface area is 116 Å². The summed E-state index contributed by atoms with van der Waals surface area (Å²) in [4.78, 5) is 23.7. The highest BCUT2D eigenvalue weighted by Gasteiger charge is 2.16. The van der Waals surface area contributed by atoms with Gasteiger partial charge in [-0.1, -0.05) is 18.5 Å². The van der Waals surface area contributed by atoms with Crippen LogP contribution in [0.4, 0.5) is 0 Å². The summed E-state index contributed by atoms with van der Waals surface area (Å²) in [5.41, 5.74) is 1.17. The maximum atomic E-state index is 12.1. The van der Waals surface area contributed by atoms with Crippen LogP contribution in [0.5, 0.6) is 0 Å². The molecular formula is C14H15ClN2O2. The second kappa shape index (κ2) is 5.45. The number of nitrogens with zero attached hydrogens (tertiary/aromatic N) is 1. The highest BCUT2D eigenvalue weighted by molar-refractivity contribution is 6.31. The van der Waals surface area contributed by atoms with Crippen LogP contribution in [-0.4, -0.2) is 22.9 Å². The van der Waals surface area contributed by atoms with Gasteiger partial charge in [-0.2, -0.15) is 0 Å². The van der Waals surface area contributed by atoms with Gasteiger partial charge in [0.05, 0.1) is 11.1 Å². The molecule has 0 aliphatic rings. The van der Waals surface area contributed by atoms with Crippen LogP contribution in [0.25, 0.3) is 10.9 Å². The van der Waals surface area contributed by atoms with Crippen molar-refractivity contribution in [1.29, 1.82) is 0 Å². The summed E-state index contributed by atoms with van der Waals surface area (Å²) in [6.45, 7) is 4.05. The smallest absolute Gasteiger partial charge is 0.253 e. The first-order chi connectivity index (χ1) is 9.04. The zero-order valence-electron chi connectivity index (χ0n) is 10.9. The third-order valence-electron chi connectivity index (χ3n) is 2.89. The molecule has 1 amide bonds. The highest BCUT2D eigenvalue weighted by atomic mass is 35.5. The summed E-state index contributed by atoms with van der Waals surface area (Å²) in [5, 5.41) is 4.04. The quantitative estimate of drug-likeness (QED) is 0.938. The Morgan fingerprint density at radius 3 is 2.74 bits per heavy atom. The second-order valence-electron chi connectivity index (χ2n) is 4.35. The molecule has 2 aromatic rings. The van der Waals surface area contributed by atoms with E-state index in [0.29, 0.717) is 28.0 Å². The monoisotopic (exact) mass is 278 g/mol. The standard InChI is InChI=1S/C14H15ClN2O2/c1-3-6-16-14(19)12-8-17(9(2)18)13-5-4-10(15)7-11(12)13/h4-5,7-8H,3,6H2,1-2H3,(H,16,19). The lowest BCUT2D eigenvalue weighted by Gasteiger charge is -2.01. The Bertz CT molecular complexity index is 646. The third kappa shape index (κ3) is 2.63. The van der Waals surface area contributed by atoms with Crippen molar-refractivity contribution in [2.24, 2.45) is 0 Å². The summed E-state index contributed by atoms with van der Waals surface area (Å²) in [6.07, 6.45) is 2.42. The van der Waals surface area contributed by atoms with Gasteiger partial charge >= 0.3 is 0 Å². The summed E-state index contributed by atoms with van der Waals surface area (Å²) >= 11 is 5.96. The zero-order chi connectivity index (χ0) is 14.0. The molecule has 19 heavy (non-hydrogen) atoms. The van der Waals surface area contributed by atoms with Gasteiger partial charge < -0.3 is 5.32 Å². The summed E-state index contributed by atoms with van der Waals surface area (Å²) in [5.74, 6) is -0.323. The van der Waals surface area contributed by atoms with Crippen LogP contribution >= 0.6 is 11.6 Å². The maximum absolute atomic E-state index is 12.1. The highest BCUT2D eigenvalue weighted by Crippen LogP contribution is 2.25. The molecule has 0 spiro atoms. The molecule has 0 aliphatic carbocycles. The lowest BCUT2D eigenvalue weighted by atomic mass is 10.1. The molecule has 5 heteroatoms. The number of aromatic nitrogens is 1. The number of carbonyl (C=O) groups is 2. The molecule has 4 nitrogen and oxygen atoms in total. The van der Waals surface area contributed by atoms with Crippen molar-refractivity contribution < 1.29 is 9.59 Å². The third-order valence-corrected chi connectivity index (χ3v) is 3.12. The number of amides is 1. The molecule has 1 N–H and O–H groups in total. The van der Waals surface area contributed by atoms with Crippen molar-refractivity contribution in [2.75, 3.05) is 6.54 Å². The average molecular weight is 279 g/mol. The van der Waals surface area contributed by atoms with Crippen molar-refractivity contribution in [3.63, 3.8) is 0 Å². The number of fused-ring (bicyclic) bond motifs is 1. The number of halogens is 1. The van der Waals surface area contributed by atoms with E-state index in [-0.39, 0.29) is 11.8 Å². The van der Waals surface area contributed by atoms with E-state index in [0.717, 1.165) is 6.42 Å². The topological polar surface area (TPSA) is 51.1 Å². The first-order valence-corrected chi connectivity index (χ1v) is 6.52. The lowest BCUT2D eigenvalue weighted by molar-refractivity contribution is 0.0941. The molecule has 0 radical (unpaired) electrons. The average Bonchev–Trinajstić information content (AvgIpc) is 2.74. The van der Waals surface area contributed by atoms with Crippen LogP contribution in [0.15, 0.2) is 24.4 Å². The van der Waals surface area contributed by atoms with Crippen molar-refractivity contribution >= 4 is 34.3 Å². The van der Waals surface area contributed by atoms with Crippen LogP contribution in [-0.2, 0) is 0 Å². The van der Waals surface area contributed by atoms with Gasteiger partial charge in [0.25, 0.3) is 5.91 Å². The number of nitrogens with one attached hydrogen (secondary N) is 1. The number of carbonyl (C=O) groups excluding carboxylic acids is 2. The molecule has 1 aromatic carbocycles. The molecule has 0 saturated heterocycles. The van der Waals surface area contributed by atoms with Crippen LogP contribution in [0.1, 0.15) is 35.4 Å². The van der Waals surface area contributed by atoms with Gasteiger partial charge in [-0.25, -0.2) is 0 Å². The van der Waals surface area contributed by atoms with Crippen LogP contribution in [0, 0.1) is 0 Å². The first-order valence-electron chi connectivity index (χ1n) is 6.14. The molecule has 0 bridgehead atoms. The number of rotatable bonds is 3. The SMILES string of the molecule is CCCNC(=O)c1cn(C(C)=O)c2ccc(Cl)cc12. The molecule has 1 heterocycles. The van der Waals surface area contributed by atoms with Crippen LogP contribution in [0.2, 0.25) is 5.02 Å². The number of benzene rings is 1. The molecule has 0 aliphatic heterocycles. The minimum Gasteiger partial charge on any atom is -0.352 e. The Morgan fingerprint density at radius 2 is 2.11 bits per heavy atom. The van der Waals surface area contributed by atoms with E-state index in [9.17, 15) is 9.59 Å². The fourth-order valence-corrected chi connectivity index (χ4v) is 2.15. The Hall–Kier alpha value is -1.81. The molecule has 2 rings (SSSR count). The summed E-state index contributed by atoms with van der Waals surface area (Å²) in [6, 6.07) is 5.16. The van der Waals surface area contributed by atoms with E-state index < -0.39 is 0 Å². The molecule has 0 atom stereocenters. The van der Waals surface area contributed by atoms with E-state index in [1.807, 2.05) is 6.92 Å². The molecule has 1 aromatic heterocycles. The molecular weight excluding hydrogens is 264 g/mol. The van der Waals surface area contributed by atoms with Crippen molar-refractivity contribution in [3.8, 4) is 0 Å². The molecule has 0 fully saturated rings. The fourth-order valence-electron chi connectivity index (χ4n) is 1.98. The van der Waals surface area contributed by atoms with Crippen LogP contribution < -0.4 is 5.32 Å². The molecule has 0 saturated carbocycles. The van der Waals surface area contributed by atoms with Crippen molar-refractivity contribution in [2.45, 2.75) is 20.3 Å². The molecule has 0 unspecified atom stereocenters. The Kier molecular flexibility index (Phi) is 3.90. The van der Waals surface area contributed by atoms with E-state index in [4.69, 9.17) is 11.6 Å². The lowest BCUT2D eigenvalue weighted by Crippen LogP contribution is -2.23. The summed E-state index contributed by atoms with van der Waals surface area (Å²) < 4.78 is 1.46. The van der Waals surface area contributed by atoms with Gasteiger partial charge in [0.1, 0.15) is 0 Å². The Balaban J connectivity index is 2.57. The predicted molar refractivity (Wildman–Crippen MR) is 75.9 cm³/mol. The number of hydrogen-bond donors (Lipinski definition) is 1. The Morgan fingerprint density at radius 1 is 1.37 bits per heavy atom. The van der Waals surface area contributed by atoms with E-state index in [1.165, 1.54) is 11.5 Å². The number of hydrogen-bond acceptors (Lipinski definition) is 2. The van der Waals surface area contributed by atoms with Crippen molar-refractivity contribution in [3.05, 3.63) is 35.0 Å².